The molecule has 1 aromatic carbocycles. The highest BCUT2D eigenvalue weighted by molar-refractivity contribution is 9.10. The van der Waals surface area contributed by atoms with Crippen LogP contribution in [0.4, 0.5) is 5.69 Å². The van der Waals surface area contributed by atoms with Crippen molar-refractivity contribution < 1.29 is 5.11 Å². The first-order valence-electron chi connectivity index (χ1n) is 4.39. The second-order valence-electron chi connectivity index (χ2n) is 2.78. The van der Waals surface area contributed by atoms with Crippen molar-refractivity contribution in [3.63, 3.8) is 0 Å². The van der Waals surface area contributed by atoms with Crippen LogP contribution in [0.1, 0.15) is 6.92 Å². The summed E-state index contributed by atoms with van der Waals surface area (Å²) in [5.41, 5.74) is 1.15. The third kappa shape index (κ3) is 3.01. The molecule has 1 aromatic rings. The number of anilines is 1. The van der Waals surface area contributed by atoms with E-state index in [0.29, 0.717) is 6.54 Å². The second-order valence-corrected chi connectivity index (χ2v) is 3.70. The van der Waals surface area contributed by atoms with Crippen LogP contribution in [-0.4, -0.2) is 24.8 Å². The van der Waals surface area contributed by atoms with E-state index in [1.54, 1.807) is 0 Å². The van der Waals surface area contributed by atoms with E-state index in [0.717, 1.165) is 16.7 Å². The van der Waals surface area contributed by atoms with Gasteiger partial charge in [0.1, 0.15) is 0 Å². The quantitative estimate of drug-likeness (QED) is 0.878. The van der Waals surface area contributed by atoms with Crippen molar-refractivity contribution in [1.29, 1.82) is 0 Å². The topological polar surface area (TPSA) is 23.5 Å². The van der Waals surface area contributed by atoms with E-state index < -0.39 is 0 Å². The fourth-order valence-electron chi connectivity index (χ4n) is 1.24. The van der Waals surface area contributed by atoms with Crippen LogP contribution in [0.5, 0.6) is 0 Å². The Kier molecular flexibility index (Phi) is 4.25. The number of halogens is 1. The molecule has 0 heterocycles. The Morgan fingerprint density at radius 3 is 2.38 bits per heavy atom. The van der Waals surface area contributed by atoms with E-state index in [1.165, 1.54) is 0 Å². The molecule has 1 rings (SSSR count). The SMILES string of the molecule is CCN(CCO)c1ccc(Br)cc1. The molecule has 0 aliphatic rings. The van der Waals surface area contributed by atoms with Gasteiger partial charge in [-0.15, -0.1) is 0 Å². The first kappa shape index (κ1) is 10.5. The predicted molar refractivity (Wildman–Crippen MR) is 59.1 cm³/mol. The summed E-state index contributed by atoms with van der Waals surface area (Å²) in [4.78, 5) is 2.13. The standard InChI is InChI=1S/C10H14BrNO/c1-2-12(7-8-13)10-5-3-9(11)4-6-10/h3-6,13H,2,7-8H2,1H3. The fraction of sp³-hybridized carbons (Fsp3) is 0.400. The Bertz CT molecular complexity index is 248. The van der Waals surface area contributed by atoms with Crippen molar-refractivity contribution >= 4 is 21.6 Å². The van der Waals surface area contributed by atoms with E-state index in [-0.39, 0.29) is 6.61 Å². The van der Waals surface area contributed by atoms with Crippen LogP contribution in [0.2, 0.25) is 0 Å². The summed E-state index contributed by atoms with van der Waals surface area (Å²) >= 11 is 3.39. The Balaban J connectivity index is 2.73. The minimum Gasteiger partial charge on any atom is -0.395 e. The van der Waals surface area contributed by atoms with E-state index in [9.17, 15) is 0 Å². The molecular weight excluding hydrogens is 230 g/mol. The molecule has 2 nitrogen and oxygen atoms in total. The maximum Gasteiger partial charge on any atom is 0.0606 e. The highest BCUT2D eigenvalue weighted by Gasteiger charge is 2.01. The number of hydrogen-bond acceptors (Lipinski definition) is 2. The lowest BCUT2D eigenvalue weighted by molar-refractivity contribution is 0.302. The molecule has 0 atom stereocenters. The van der Waals surface area contributed by atoms with E-state index >= 15 is 0 Å². The molecule has 3 heteroatoms. The number of rotatable bonds is 4. The lowest BCUT2D eigenvalue weighted by atomic mass is 10.3. The van der Waals surface area contributed by atoms with E-state index in [2.05, 4.69) is 27.8 Å². The molecular formula is C10H14BrNO. The monoisotopic (exact) mass is 243 g/mol. The van der Waals surface area contributed by atoms with Crippen molar-refractivity contribution in [3.05, 3.63) is 28.7 Å². The average Bonchev–Trinajstić information content (AvgIpc) is 2.16. The van der Waals surface area contributed by atoms with Crippen LogP contribution in [0.15, 0.2) is 28.7 Å². The third-order valence-electron chi connectivity index (χ3n) is 1.94. The number of aliphatic hydroxyl groups excluding tert-OH is 1. The number of hydrogen-bond donors (Lipinski definition) is 1. The van der Waals surface area contributed by atoms with Gasteiger partial charge in [-0.05, 0) is 31.2 Å². The van der Waals surface area contributed by atoms with Crippen molar-refractivity contribution in [2.75, 3.05) is 24.6 Å². The molecule has 0 spiro atoms. The average molecular weight is 244 g/mol. The lowest BCUT2D eigenvalue weighted by Crippen LogP contribution is -2.25. The molecule has 0 unspecified atom stereocenters. The summed E-state index contributed by atoms with van der Waals surface area (Å²) in [5, 5.41) is 8.83. The van der Waals surface area contributed by atoms with Crippen molar-refractivity contribution in [2.45, 2.75) is 6.92 Å². The summed E-state index contributed by atoms with van der Waals surface area (Å²) < 4.78 is 1.08. The van der Waals surface area contributed by atoms with Gasteiger partial charge in [0.05, 0.1) is 6.61 Å². The van der Waals surface area contributed by atoms with Crippen LogP contribution in [-0.2, 0) is 0 Å². The molecule has 72 valence electrons. The molecule has 0 aliphatic heterocycles. The first-order chi connectivity index (χ1) is 6.27. The van der Waals surface area contributed by atoms with Crippen LogP contribution >= 0.6 is 15.9 Å². The molecule has 0 bridgehead atoms. The number of likely N-dealkylation sites (N-methyl/N-ethyl adjacent to an activating group) is 1. The summed E-state index contributed by atoms with van der Waals surface area (Å²) in [5.74, 6) is 0. The number of benzene rings is 1. The highest BCUT2D eigenvalue weighted by atomic mass is 79.9. The van der Waals surface area contributed by atoms with Gasteiger partial charge in [-0.25, -0.2) is 0 Å². The number of aliphatic hydroxyl groups is 1. The zero-order valence-corrected chi connectivity index (χ0v) is 9.29. The first-order valence-corrected chi connectivity index (χ1v) is 5.18. The van der Waals surface area contributed by atoms with E-state index in [4.69, 9.17) is 5.11 Å². The van der Waals surface area contributed by atoms with Gasteiger partial charge in [-0.2, -0.15) is 0 Å². The van der Waals surface area contributed by atoms with Crippen molar-refractivity contribution in [2.24, 2.45) is 0 Å². The molecule has 0 amide bonds. The minimum atomic E-state index is 0.198. The smallest absolute Gasteiger partial charge is 0.0606 e. The zero-order valence-electron chi connectivity index (χ0n) is 7.70. The maximum absolute atomic E-state index is 8.83. The zero-order chi connectivity index (χ0) is 9.68. The molecule has 0 fully saturated rings. The number of nitrogens with zero attached hydrogens (tertiary/aromatic N) is 1. The van der Waals surface area contributed by atoms with Gasteiger partial charge in [-0.3, -0.25) is 0 Å². The summed E-state index contributed by atoms with van der Waals surface area (Å²) in [6.45, 7) is 3.89. The van der Waals surface area contributed by atoms with Gasteiger partial charge >= 0.3 is 0 Å². The largest absolute Gasteiger partial charge is 0.395 e. The molecule has 0 aromatic heterocycles. The van der Waals surface area contributed by atoms with Gasteiger partial charge in [0.2, 0.25) is 0 Å². The van der Waals surface area contributed by atoms with Crippen LogP contribution in [0.25, 0.3) is 0 Å². The summed E-state index contributed by atoms with van der Waals surface area (Å²) in [6.07, 6.45) is 0. The van der Waals surface area contributed by atoms with Gasteiger partial charge in [0.25, 0.3) is 0 Å². The summed E-state index contributed by atoms with van der Waals surface area (Å²) in [7, 11) is 0. The van der Waals surface area contributed by atoms with E-state index in [1.807, 2.05) is 24.3 Å². The van der Waals surface area contributed by atoms with Crippen LogP contribution in [0.3, 0.4) is 0 Å². The molecule has 13 heavy (non-hydrogen) atoms. The second kappa shape index (κ2) is 5.25. The molecule has 0 saturated heterocycles. The molecule has 0 aliphatic carbocycles. The molecule has 0 radical (unpaired) electrons. The fourth-order valence-corrected chi connectivity index (χ4v) is 1.51. The Morgan fingerprint density at radius 2 is 1.92 bits per heavy atom. The van der Waals surface area contributed by atoms with Gasteiger partial charge in [0, 0.05) is 23.2 Å². The van der Waals surface area contributed by atoms with Crippen molar-refractivity contribution in [1.82, 2.24) is 0 Å². The Hall–Kier alpha value is -0.540. The van der Waals surface area contributed by atoms with Crippen LogP contribution < -0.4 is 4.90 Å². The third-order valence-corrected chi connectivity index (χ3v) is 2.47. The van der Waals surface area contributed by atoms with Crippen molar-refractivity contribution in [3.8, 4) is 0 Å². The molecule has 0 saturated carbocycles. The predicted octanol–water partition coefficient (Wildman–Crippen LogP) is 2.27. The minimum absolute atomic E-state index is 0.198. The van der Waals surface area contributed by atoms with Gasteiger partial charge < -0.3 is 10.0 Å². The van der Waals surface area contributed by atoms with Crippen LogP contribution in [0, 0.1) is 0 Å². The Morgan fingerprint density at radius 1 is 1.31 bits per heavy atom. The van der Waals surface area contributed by atoms with Gasteiger partial charge in [0.15, 0.2) is 0 Å². The van der Waals surface area contributed by atoms with Gasteiger partial charge in [-0.1, -0.05) is 15.9 Å². The normalized spacial score (nSPS) is 10.1. The molecule has 1 N–H and O–H groups in total. The Labute approximate surface area is 87.3 Å². The lowest BCUT2D eigenvalue weighted by Gasteiger charge is -2.21. The summed E-state index contributed by atoms with van der Waals surface area (Å²) in [6, 6.07) is 8.11. The highest BCUT2D eigenvalue weighted by Crippen LogP contribution is 2.17. The maximum atomic E-state index is 8.83.